The van der Waals surface area contributed by atoms with Crippen LogP contribution < -0.4 is 16.0 Å². The summed E-state index contributed by atoms with van der Waals surface area (Å²) in [5.74, 6) is 0.488. The number of aliphatic imine (C=N–C) groups is 3. The minimum absolute atomic E-state index is 0.113. The number of urea groups is 1. The largest absolute Gasteiger partial charge is 0.416 e. The summed E-state index contributed by atoms with van der Waals surface area (Å²) in [5.41, 5.74) is 9.93. The van der Waals surface area contributed by atoms with Crippen molar-refractivity contribution in [2.75, 3.05) is 17.2 Å². The second-order valence-corrected chi connectivity index (χ2v) is 11.1. The van der Waals surface area contributed by atoms with Crippen LogP contribution in [0.15, 0.2) is 81.7 Å². The third-order valence-corrected chi connectivity index (χ3v) is 7.47. The first-order chi connectivity index (χ1) is 20.4. The lowest BCUT2D eigenvalue weighted by molar-refractivity contribution is -0.137. The van der Waals surface area contributed by atoms with E-state index in [0.717, 1.165) is 34.5 Å². The average molecular weight is 609 g/mol. The Morgan fingerprint density at radius 1 is 1.09 bits per heavy atom. The lowest BCUT2D eigenvalue weighted by Gasteiger charge is -2.22. The highest BCUT2D eigenvalue weighted by Gasteiger charge is 2.32. The van der Waals surface area contributed by atoms with Crippen LogP contribution in [0.2, 0.25) is 0 Å². The van der Waals surface area contributed by atoms with Crippen molar-refractivity contribution in [1.82, 2.24) is 5.32 Å². The molecule has 3 amide bonds. The first-order valence-corrected chi connectivity index (χ1v) is 14.5. The van der Waals surface area contributed by atoms with Crippen LogP contribution in [0.4, 0.5) is 29.3 Å². The molecule has 1 aliphatic rings. The van der Waals surface area contributed by atoms with Gasteiger partial charge in [0.15, 0.2) is 5.17 Å². The van der Waals surface area contributed by atoms with Crippen molar-refractivity contribution in [2.24, 2.45) is 20.7 Å². The van der Waals surface area contributed by atoms with E-state index in [1.807, 2.05) is 37.3 Å². The van der Waals surface area contributed by atoms with Gasteiger partial charge >= 0.3 is 12.2 Å². The monoisotopic (exact) mass is 608 g/mol. The number of hydrogen-bond acceptors (Lipinski definition) is 4. The molecule has 1 saturated heterocycles. The molecule has 0 aromatic heterocycles. The molecule has 43 heavy (non-hydrogen) atoms. The van der Waals surface area contributed by atoms with Gasteiger partial charge in [0, 0.05) is 12.1 Å². The van der Waals surface area contributed by atoms with Crippen LogP contribution in [0.25, 0.3) is 0 Å². The van der Waals surface area contributed by atoms with Crippen molar-refractivity contribution in [3.63, 3.8) is 0 Å². The van der Waals surface area contributed by atoms with Gasteiger partial charge in [0.1, 0.15) is 12.2 Å². The van der Waals surface area contributed by atoms with Crippen LogP contribution in [0, 0.1) is 6.92 Å². The third-order valence-electron chi connectivity index (χ3n) is 6.55. The van der Waals surface area contributed by atoms with E-state index in [9.17, 15) is 22.8 Å². The Bertz CT molecular complexity index is 1570. The highest BCUT2D eigenvalue weighted by atomic mass is 32.2. The fraction of sp³-hybridized carbons (Fsp3) is 0.258. The summed E-state index contributed by atoms with van der Waals surface area (Å²) < 4.78 is 38.0. The highest BCUT2D eigenvalue weighted by molar-refractivity contribution is 8.15. The second kappa shape index (κ2) is 13.7. The molecule has 3 aromatic carbocycles. The molecule has 0 spiro atoms. The molecule has 0 radical (unpaired) electrons. The fourth-order valence-corrected chi connectivity index (χ4v) is 5.13. The Kier molecular flexibility index (Phi) is 10.0. The quantitative estimate of drug-likeness (QED) is 0.222. The normalized spacial score (nSPS) is 15.2. The molecule has 4 rings (SSSR count). The molecular weight excluding hydrogens is 577 g/mol. The maximum atomic E-state index is 12.7. The van der Waals surface area contributed by atoms with Crippen molar-refractivity contribution in [3.8, 4) is 0 Å². The number of amides is 3. The highest BCUT2D eigenvalue weighted by Crippen LogP contribution is 2.34. The molecule has 0 bridgehead atoms. The number of nitrogens with two attached hydrogens (primary N) is 1. The van der Waals surface area contributed by atoms with E-state index < -0.39 is 17.8 Å². The van der Waals surface area contributed by atoms with E-state index in [-0.39, 0.29) is 23.4 Å². The lowest BCUT2D eigenvalue weighted by atomic mass is 9.99. The fourth-order valence-electron chi connectivity index (χ4n) is 4.27. The van der Waals surface area contributed by atoms with E-state index in [1.54, 1.807) is 12.1 Å². The number of alkyl halides is 3. The SMILES string of the molecule is Cc1ccc(C(C)C)c(N2C(=O)CSC2=NC(=O)NCCc2ccc(C(N)=NC=Nc3ccc(C(F)(F)F)cc3)cc2)c1. The van der Waals surface area contributed by atoms with Gasteiger partial charge in [-0.15, -0.1) is 0 Å². The number of amidine groups is 2. The van der Waals surface area contributed by atoms with Gasteiger partial charge < -0.3 is 11.1 Å². The van der Waals surface area contributed by atoms with Crippen LogP contribution in [0.1, 0.15) is 47.6 Å². The predicted octanol–water partition coefficient (Wildman–Crippen LogP) is 6.59. The van der Waals surface area contributed by atoms with Gasteiger partial charge in [0.25, 0.3) is 0 Å². The maximum Gasteiger partial charge on any atom is 0.416 e. The second-order valence-electron chi connectivity index (χ2n) is 10.1. The molecule has 224 valence electrons. The zero-order chi connectivity index (χ0) is 31.1. The topological polar surface area (TPSA) is 113 Å². The van der Waals surface area contributed by atoms with Crippen LogP contribution >= 0.6 is 11.8 Å². The third kappa shape index (κ3) is 8.31. The first kappa shape index (κ1) is 31.5. The van der Waals surface area contributed by atoms with Gasteiger partial charge in [-0.05, 0) is 66.3 Å². The Balaban J connectivity index is 1.32. The summed E-state index contributed by atoms with van der Waals surface area (Å²) in [7, 11) is 0. The summed E-state index contributed by atoms with van der Waals surface area (Å²) in [4.78, 5) is 39.1. The average Bonchev–Trinajstić information content (AvgIpc) is 3.32. The van der Waals surface area contributed by atoms with Crippen molar-refractivity contribution in [1.29, 1.82) is 0 Å². The zero-order valence-corrected chi connectivity index (χ0v) is 24.7. The van der Waals surface area contributed by atoms with Gasteiger partial charge in [-0.2, -0.15) is 18.2 Å². The van der Waals surface area contributed by atoms with Gasteiger partial charge in [-0.3, -0.25) is 9.69 Å². The molecule has 0 atom stereocenters. The van der Waals surface area contributed by atoms with Crippen molar-refractivity contribution < 1.29 is 22.8 Å². The maximum absolute atomic E-state index is 12.7. The van der Waals surface area contributed by atoms with Gasteiger partial charge in [0.05, 0.1) is 22.7 Å². The number of thioether (sulfide) groups is 1. The summed E-state index contributed by atoms with van der Waals surface area (Å²) in [6.07, 6.45) is -2.69. The smallest absolute Gasteiger partial charge is 0.383 e. The molecule has 12 heteroatoms. The van der Waals surface area contributed by atoms with E-state index in [0.29, 0.717) is 29.4 Å². The molecule has 3 aromatic rings. The van der Waals surface area contributed by atoms with Crippen LogP contribution in [0.3, 0.4) is 0 Å². The first-order valence-electron chi connectivity index (χ1n) is 13.5. The molecule has 1 fully saturated rings. The number of hydrogen-bond donors (Lipinski definition) is 2. The number of carbonyl (C=O) groups excluding carboxylic acids is 2. The van der Waals surface area contributed by atoms with E-state index in [1.165, 1.54) is 35.1 Å². The van der Waals surface area contributed by atoms with Crippen LogP contribution in [-0.4, -0.2) is 41.6 Å². The Labute approximate surface area is 252 Å². The molecule has 1 heterocycles. The number of rotatable bonds is 8. The minimum atomic E-state index is -4.41. The molecular formula is C31H31F3N6O2S. The van der Waals surface area contributed by atoms with Gasteiger partial charge in [-0.1, -0.05) is 62.0 Å². The molecule has 0 saturated carbocycles. The van der Waals surface area contributed by atoms with Crippen LogP contribution in [-0.2, 0) is 17.4 Å². The number of halogens is 3. The zero-order valence-electron chi connectivity index (χ0n) is 23.9. The van der Waals surface area contributed by atoms with Crippen molar-refractivity contribution in [3.05, 3.63) is 94.5 Å². The summed E-state index contributed by atoms with van der Waals surface area (Å²) in [6, 6.07) is 17.1. The predicted molar refractivity (Wildman–Crippen MR) is 167 cm³/mol. The standard InChI is InChI=1S/C31H31F3N6O2S/c1-19(2)25-13-4-20(3)16-26(25)40-27(41)17-43-30(40)39-29(42)36-15-14-21-5-7-22(8-6-21)28(35)38-18-37-24-11-9-23(10-12-24)31(32,33)34/h4-13,16,18-19H,14-15,17H2,1-3H3,(H,36,42)(H2,35,37,38). The Morgan fingerprint density at radius 2 is 1.79 bits per heavy atom. The number of benzene rings is 3. The Hall–Kier alpha value is -4.45. The van der Waals surface area contributed by atoms with Crippen molar-refractivity contribution >= 4 is 52.4 Å². The van der Waals surface area contributed by atoms with Gasteiger partial charge in [-0.25, -0.2) is 14.8 Å². The molecule has 8 nitrogen and oxygen atoms in total. The van der Waals surface area contributed by atoms with E-state index in [4.69, 9.17) is 5.73 Å². The number of anilines is 1. The molecule has 0 unspecified atom stereocenters. The van der Waals surface area contributed by atoms with E-state index >= 15 is 0 Å². The summed E-state index contributed by atoms with van der Waals surface area (Å²) in [5, 5.41) is 3.14. The number of nitrogens with one attached hydrogen (secondary N) is 1. The van der Waals surface area contributed by atoms with Gasteiger partial charge in [0.2, 0.25) is 5.91 Å². The van der Waals surface area contributed by atoms with Crippen molar-refractivity contribution in [2.45, 2.75) is 39.3 Å². The minimum Gasteiger partial charge on any atom is -0.383 e. The number of nitrogens with zero attached hydrogens (tertiary/aromatic N) is 4. The summed E-state index contributed by atoms with van der Waals surface area (Å²) >= 11 is 1.24. The molecule has 1 aliphatic heterocycles. The number of carbonyl (C=O) groups is 2. The lowest BCUT2D eigenvalue weighted by Crippen LogP contribution is -2.32. The molecule has 0 aliphatic carbocycles. The Morgan fingerprint density at radius 3 is 2.44 bits per heavy atom. The number of aryl methyl sites for hydroxylation is 1. The van der Waals surface area contributed by atoms with E-state index in [2.05, 4.69) is 34.1 Å². The molecule has 3 N–H and O–H groups in total. The summed E-state index contributed by atoms with van der Waals surface area (Å²) in [6.45, 7) is 6.40. The van der Waals surface area contributed by atoms with Crippen LogP contribution in [0.5, 0.6) is 0 Å².